The van der Waals surface area contributed by atoms with E-state index in [-0.39, 0.29) is 0 Å². The minimum absolute atomic E-state index is 0.462. The maximum atomic E-state index is 2.68. The molecule has 0 aromatic rings. The average Bonchev–Trinajstić information content (AvgIpc) is 2.02. The highest BCUT2D eigenvalue weighted by Gasteiger charge is 2.28. The van der Waals surface area contributed by atoms with Crippen LogP contribution in [0.4, 0.5) is 0 Å². The number of likely N-dealkylation sites (tertiary alicyclic amines) is 2. The number of piperidine rings is 1. The SMILES string of the molecule is CC(C)(C)CN1CCC(N2CCC2)CC1. The normalized spacial score (nSPS) is 26.6. The third-order valence-electron chi connectivity index (χ3n) is 3.66. The second kappa shape index (κ2) is 4.42. The standard InChI is InChI=1S/C13H26N2/c1-13(2,3)11-14-9-5-12(6-10-14)15-7-4-8-15/h12H,4-11H2,1-3H3. The molecule has 0 saturated carbocycles. The van der Waals surface area contributed by atoms with Crippen molar-refractivity contribution in [2.75, 3.05) is 32.7 Å². The van der Waals surface area contributed by atoms with Gasteiger partial charge in [0.25, 0.3) is 0 Å². The van der Waals surface area contributed by atoms with Gasteiger partial charge < -0.3 is 9.80 Å². The first-order valence-corrected chi connectivity index (χ1v) is 6.51. The Morgan fingerprint density at radius 1 is 1.00 bits per heavy atom. The van der Waals surface area contributed by atoms with Crippen LogP contribution in [0, 0.1) is 5.41 Å². The highest BCUT2D eigenvalue weighted by atomic mass is 15.2. The van der Waals surface area contributed by atoms with Gasteiger partial charge in [-0.05, 0) is 50.9 Å². The van der Waals surface area contributed by atoms with E-state index in [0.717, 1.165) is 6.04 Å². The van der Waals surface area contributed by atoms with Crippen molar-refractivity contribution in [1.82, 2.24) is 9.80 Å². The fraction of sp³-hybridized carbons (Fsp3) is 1.00. The predicted octanol–water partition coefficient (Wildman–Crippen LogP) is 2.20. The van der Waals surface area contributed by atoms with E-state index in [1.807, 2.05) is 0 Å². The molecular weight excluding hydrogens is 184 g/mol. The molecule has 0 amide bonds. The Hall–Kier alpha value is -0.0800. The van der Waals surface area contributed by atoms with Crippen molar-refractivity contribution in [3.63, 3.8) is 0 Å². The van der Waals surface area contributed by atoms with Crippen LogP contribution in [-0.4, -0.2) is 48.6 Å². The zero-order chi connectivity index (χ0) is 10.9. The molecule has 2 aliphatic rings. The lowest BCUT2D eigenvalue weighted by molar-refractivity contribution is 0.0531. The largest absolute Gasteiger partial charge is 0.303 e. The molecule has 0 aliphatic carbocycles. The summed E-state index contributed by atoms with van der Waals surface area (Å²) in [6.45, 7) is 13.7. The van der Waals surface area contributed by atoms with Crippen molar-refractivity contribution in [2.24, 2.45) is 5.41 Å². The zero-order valence-electron chi connectivity index (χ0n) is 10.6. The molecule has 88 valence electrons. The summed E-state index contributed by atoms with van der Waals surface area (Å²) in [7, 11) is 0. The third kappa shape index (κ3) is 3.18. The average molecular weight is 210 g/mol. The number of hydrogen-bond acceptors (Lipinski definition) is 2. The summed E-state index contributed by atoms with van der Waals surface area (Å²) in [5, 5.41) is 0. The van der Waals surface area contributed by atoms with Crippen molar-refractivity contribution < 1.29 is 0 Å². The molecule has 2 heteroatoms. The van der Waals surface area contributed by atoms with Gasteiger partial charge in [-0.25, -0.2) is 0 Å². The molecule has 2 fully saturated rings. The lowest BCUT2D eigenvalue weighted by Gasteiger charge is -2.44. The molecule has 0 N–H and O–H groups in total. The molecule has 2 aliphatic heterocycles. The van der Waals surface area contributed by atoms with E-state index in [0.29, 0.717) is 5.41 Å². The molecule has 0 aromatic carbocycles. The zero-order valence-corrected chi connectivity index (χ0v) is 10.6. The first-order valence-electron chi connectivity index (χ1n) is 6.51. The van der Waals surface area contributed by atoms with Crippen LogP contribution in [-0.2, 0) is 0 Å². The van der Waals surface area contributed by atoms with Gasteiger partial charge in [0.05, 0.1) is 0 Å². The van der Waals surface area contributed by atoms with Crippen LogP contribution in [0.15, 0.2) is 0 Å². The summed E-state index contributed by atoms with van der Waals surface area (Å²) in [5.74, 6) is 0. The molecule has 0 atom stereocenters. The first kappa shape index (κ1) is 11.4. The maximum absolute atomic E-state index is 2.68. The van der Waals surface area contributed by atoms with E-state index in [2.05, 4.69) is 30.6 Å². The van der Waals surface area contributed by atoms with Crippen molar-refractivity contribution in [3.8, 4) is 0 Å². The molecule has 2 rings (SSSR count). The van der Waals surface area contributed by atoms with Gasteiger partial charge in [0, 0.05) is 12.6 Å². The van der Waals surface area contributed by atoms with Crippen molar-refractivity contribution >= 4 is 0 Å². The first-order chi connectivity index (χ1) is 7.04. The lowest BCUT2D eigenvalue weighted by atomic mass is 9.93. The van der Waals surface area contributed by atoms with Crippen LogP contribution in [0.1, 0.15) is 40.0 Å². The van der Waals surface area contributed by atoms with Gasteiger partial charge in [0.1, 0.15) is 0 Å². The third-order valence-corrected chi connectivity index (χ3v) is 3.66. The fourth-order valence-corrected chi connectivity index (χ4v) is 2.82. The number of hydrogen-bond donors (Lipinski definition) is 0. The minimum Gasteiger partial charge on any atom is -0.303 e. The molecule has 15 heavy (non-hydrogen) atoms. The van der Waals surface area contributed by atoms with Gasteiger partial charge in [0.15, 0.2) is 0 Å². The topological polar surface area (TPSA) is 6.48 Å². The molecule has 0 spiro atoms. The molecule has 2 nitrogen and oxygen atoms in total. The lowest BCUT2D eigenvalue weighted by Crippen LogP contribution is -2.51. The van der Waals surface area contributed by atoms with E-state index < -0.39 is 0 Å². The van der Waals surface area contributed by atoms with Gasteiger partial charge >= 0.3 is 0 Å². The Balaban J connectivity index is 1.72. The predicted molar refractivity (Wildman–Crippen MR) is 65.1 cm³/mol. The van der Waals surface area contributed by atoms with Crippen molar-refractivity contribution in [3.05, 3.63) is 0 Å². The quantitative estimate of drug-likeness (QED) is 0.689. The summed E-state index contributed by atoms with van der Waals surface area (Å²) < 4.78 is 0. The Kier molecular flexibility index (Phi) is 3.36. The van der Waals surface area contributed by atoms with Gasteiger partial charge in [-0.2, -0.15) is 0 Å². The summed E-state index contributed by atoms with van der Waals surface area (Å²) in [6, 6.07) is 0.912. The van der Waals surface area contributed by atoms with Gasteiger partial charge in [0.2, 0.25) is 0 Å². The van der Waals surface area contributed by atoms with Gasteiger partial charge in [-0.15, -0.1) is 0 Å². The number of nitrogens with zero attached hydrogens (tertiary/aromatic N) is 2. The summed E-state index contributed by atoms with van der Waals surface area (Å²) in [4.78, 5) is 5.32. The van der Waals surface area contributed by atoms with E-state index >= 15 is 0 Å². The van der Waals surface area contributed by atoms with Crippen molar-refractivity contribution in [1.29, 1.82) is 0 Å². The summed E-state index contributed by atoms with van der Waals surface area (Å²) >= 11 is 0. The van der Waals surface area contributed by atoms with Gasteiger partial charge in [-0.1, -0.05) is 20.8 Å². The molecule has 0 aromatic heterocycles. The molecule has 2 heterocycles. The molecule has 0 unspecified atom stereocenters. The van der Waals surface area contributed by atoms with Crippen LogP contribution in [0.25, 0.3) is 0 Å². The molecule has 0 radical (unpaired) electrons. The maximum Gasteiger partial charge on any atom is 0.0120 e. The van der Waals surface area contributed by atoms with E-state index in [1.165, 1.54) is 52.0 Å². The molecule has 2 saturated heterocycles. The highest BCUT2D eigenvalue weighted by Crippen LogP contribution is 2.23. The Labute approximate surface area is 94.6 Å². The molecular formula is C13H26N2. The fourth-order valence-electron chi connectivity index (χ4n) is 2.82. The smallest absolute Gasteiger partial charge is 0.0120 e. The van der Waals surface area contributed by atoms with Gasteiger partial charge in [-0.3, -0.25) is 0 Å². The Morgan fingerprint density at radius 3 is 2.00 bits per heavy atom. The van der Waals surface area contributed by atoms with Crippen LogP contribution in [0.3, 0.4) is 0 Å². The van der Waals surface area contributed by atoms with Crippen LogP contribution >= 0.6 is 0 Å². The van der Waals surface area contributed by atoms with Crippen LogP contribution in [0.2, 0.25) is 0 Å². The minimum atomic E-state index is 0.462. The summed E-state index contributed by atoms with van der Waals surface area (Å²) in [5.41, 5.74) is 0.462. The van der Waals surface area contributed by atoms with Crippen molar-refractivity contribution in [2.45, 2.75) is 46.1 Å². The van der Waals surface area contributed by atoms with Crippen LogP contribution < -0.4 is 0 Å². The Bertz CT molecular complexity index is 195. The second-order valence-corrected chi connectivity index (χ2v) is 6.46. The van der Waals surface area contributed by atoms with E-state index in [1.54, 1.807) is 0 Å². The van der Waals surface area contributed by atoms with E-state index in [9.17, 15) is 0 Å². The molecule has 0 bridgehead atoms. The monoisotopic (exact) mass is 210 g/mol. The summed E-state index contributed by atoms with van der Waals surface area (Å²) in [6.07, 6.45) is 4.23. The van der Waals surface area contributed by atoms with Crippen LogP contribution in [0.5, 0.6) is 0 Å². The highest BCUT2D eigenvalue weighted by molar-refractivity contribution is 4.84. The van der Waals surface area contributed by atoms with E-state index in [4.69, 9.17) is 0 Å². The Morgan fingerprint density at radius 2 is 1.60 bits per heavy atom. The number of rotatable bonds is 2. The second-order valence-electron chi connectivity index (χ2n) is 6.46.